The first-order valence-electron chi connectivity index (χ1n) is 7.00. The maximum Gasteiger partial charge on any atom is 0.234 e. The second-order valence-electron chi connectivity index (χ2n) is 6.31. The van der Waals surface area contributed by atoms with Crippen molar-refractivity contribution in [2.24, 2.45) is 5.73 Å². The molecule has 0 aromatic carbocycles. The van der Waals surface area contributed by atoms with Crippen LogP contribution in [0.2, 0.25) is 0 Å². The first-order valence-corrected chi connectivity index (χ1v) is 7.00. The number of hydrogen-bond acceptors (Lipinski definition) is 6. The predicted molar refractivity (Wildman–Crippen MR) is 81.7 cm³/mol. The fourth-order valence-corrected chi connectivity index (χ4v) is 2.69. The number of nitrogens with two attached hydrogens (primary N) is 1. The third kappa shape index (κ3) is 2.11. The number of aromatic nitrogens is 2. The van der Waals surface area contributed by atoms with Crippen molar-refractivity contribution in [1.29, 1.82) is 5.26 Å². The van der Waals surface area contributed by atoms with E-state index in [1.165, 1.54) is 0 Å². The quantitative estimate of drug-likeness (QED) is 0.838. The van der Waals surface area contributed by atoms with Crippen LogP contribution in [0.15, 0.2) is 40.4 Å². The van der Waals surface area contributed by atoms with E-state index in [0.717, 1.165) is 16.8 Å². The van der Waals surface area contributed by atoms with Crippen LogP contribution in [0, 0.1) is 11.3 Å². The van der Waals surface area contributed by atoms with Gasteiger partial charge >= 0.3 is 0 Å². The van der Waals surface area contributed by atoms with Gasteiger partial charge in [-0.05, 0) is 11.6 Å². The van der Waals surface area contributed by atoms with Gasteiger partial charge in [0, 0.05) is 17.8 Å². The summed E-state index contributed by atoms with van der Waals surface area (Å²) in [5.74, 6) is 0.464. The number of allylic oxidation sites excluding steroid dienone is 1. The fourth-order valence-electron chi connectivity index (χ4n) is 2.69. The van der Waals surface area contributed by atoms with Gasteiger partial charge in [0.05, 0.1) is 28.8 Å². The van der Waals surface area contributed by atoms with E-state index in [9.17, 15) is 5.26 Å². The molecule has 0 aliphatic carbocycles. The lowest BCUT2D eigenvalue weighted by atomic mass is 9.78. The minimum atomic E-state index is -0.324. The molecule has 22 heavy (non-hydrogen) atoms. The molecule has 1 aliphatic heterocycles. The number of nitrogens with one attached hydrogen (secondary N) is 1. The third-order valence-electron chi connectivity index (χ3n) is 3.69. The average Bonchev–Trinajstić information content (AvgIpc) is 2.90. The topological polar surface area (TPSA) is 101 Å². The highest BCUT2D eigenvalue weighted by Gasteiger charge is 2.38. The Labute approximate surface area is 128 Å². The molecule has 0 amide bonds. The second kappa shape index (κ2) is 4.88. The third-order valence-corrected chi connectivity index (χ3v) is 3.69. The summed E-state index contributed by atoms with van der Waals surface area (Å²) >= 11 is 0. The maximum atomic E-state index is 9.55. The number of pyridine rings is 1. The molecule has 2 aromatic rings. The smallest absolute Gasteiger partial charge is 0.234 e. The van der Waals surface area contributed by atoms with Crippen molar-refractivity contribution < 1.29 is 4.52 Å². The average molecular weight is 295 g/mol. The highest BCUT2D eigenvalue weighted by molar-refractivity contribution is 5.64. The Balaban J connectivity index is 2.27. The summed E-state index contributed by atoms with van der Waals surface area (Å²) in [5.41, 5.74) is 8.77. The van der Waals surface area contributed by atoms with Gasteiger partial charge in [-0.1, -0.05) is 32.0 Å². The zero-order valence-corrected chi connectivity index (χ0v) is 12.7. The molecule has 112 valence electrons. The zero-order chi connectivity index (χ0) is 15.9. The lowest BCUT2D eigenvalue weighted by Crippen LogP contribution is -2.25. The summed E-state index contributed by atoms with van der Waals surface area (Å²) in [6, 6.07) is 5.97. The fraction of sp³-hybridized carbons (Fsp3) is 0.312. The van der Waals surface area contributed by atoms with Gasteiger partial charge in [0.1, 0.15) is 5.82 Å². The number of rotatable bonds is 1. The molecule has 0 unspecified atom stereocenters. The Bertz CT molecular complexity index is 777. The van der Waals surface area contributed by atoms with E-state index in [2.05, 4.69) is 42.3 Å². The van der Waals surface area contributed by atoms with E-state index in [0.29, 0.717) is 17.3 Å². The molecule has 3 N–H and O–H groups in total. The Morgan fingerprint density at radius 2 is 2.18 bits per heavy atom. The van der Waals surface area contributed by atoms with E-state index >= 15 is 0 Å². The maximum absolute atomic E-state index is 9.55. The van der Waals surface area contributed by atoms with Crippen molar-refractivity contribution in [3.63, 3.8) is 0 Å². The molecule has 0 saturated carbocycles. The Morgan fingerprint density at radius 1 is 1.41 bits per heavy atom. The molecule has 0 saturated heterocycles. The number of fused-ring (bicyclic) bond motifs is 1. The molecular weight excluding hydrogens is 278 g/mol. The first kappa shape index (κ1) is 14.1. The van der Waals surface area contributed by atoms with Crippen molar-refractivity contribution in [2.45, 2.75) is 32.1 Å². The van der Waals surface area contributed by atoms with Crippen LogP contribution in [0.25, 0.3) is 0 Å². The summed E-state index contributed by atoms with van der Waals surface area (Å²) in [4.78, 5) is 4.16. The lowest BCUT2D eigenvalue weighted by molar-refractivity contribution is 0.404. The van der Waals surface area contributed by atoms with E-state index < -0.39 is 0 Å². The highest BCUT2D eigenvalue weighted by Crippen LogP contribution is 2.45. The van der Waals surface area contributed by atoms with Crippen molar-refractivity contribution in [3.05, 3.63) is 52.7 Å². The van der Waals surface area contributed by atoms with Crippen LogP contribution >= 0.6 is 0 Å². The van der Waals surface area contributed by atoms with Gasteiger partial charge in [-0.25, -0.2) is 0 Å². The summed E-state index contributed by atoms with van der Waals surface area (Å²) in [6.45, 7) is 6.16. The molecule has 1 aliphatic rings. The summed E-state index contributed by atoms with van der Waals surface area (Å²) in [5, 5.41) is 16.7. The molecule has 2 aromatic heterocycles. The molecule has 1 atom stereocenters. The minimum Gasteiger partial charge on any atom is -0.384 e. The van der Waals surface area contributed by atoms with Crippen molar-refractivity contribution in [1.82, 2.24) is 10.1 Å². The largest absolute Gasteiger partial charge is 0.384 e. The van der Waals surface area contributed by atoms with Gasteiger partial charge in [-0.3, -0.25) is 4.98 Å². The molecule has 0 radical (unpaired) electrons. The van der Waals surface area contributed by atoms with Gasteiger partial charge in [0.15, 0.2) is 0 Å². The molecule has 3 rings (SSSR count). The van der Waals surface area contributed by atoms with E-state index in [1.807, 2.05) is 12.1 Å². The summed E-state index contributed by atoms with van der Waals surface area (Å²) in [6.07, 6.45) is 3.44. The number of hydrogen-bond donors (Lipinski definition) is 2. The molecule has 0 fully saturated rings. The SMILES string of the molecule is CC(C)(C)c1noc2c1[C@@H](c1cccnc1)C(C#N)=C(N)N2. The molecule has 6 nitrogen and oxygen atoms in total. The standard InChI is InChI=1S/C16H17N5O/c1-16(2,3)13-12-11(9-5-4-6-19-8-9)10(7-17)14(18)20-15(12)22-21-13/h4-6,8,11,20H,18H2,1-3H3/t11-/m0/s1. The van der Waals surface area contributed by atoms with Crippen LogP contribution in [-0.4, -0.2) is 10.1 Å². The number of nitriles is 1. The van der Waals surface area contributed by atoms with E-state index in [-0.39, 0.29) is 11.3 Å². The van der Waals surface area contributed by atoms with E-state index in [4.69, 9.17) is 10.3 Å². The Morgan fingerprint density at radius 3 is 2.77 bits per heavy atom. The van der Waals surface area contributed by atoms with Gasteiger partial charge in [-0.2, -0.15) is 5.26 Å². The van der Waals surface area contributed by atoms with Gasteiger partial charge in [0.2, 0.25) is 5.88 Å². The Kier molecular flexibility index (Phi) is 3.14. The Hall–Kier alpha value is -2.81. The van der Waals surface area contributed by atoms with Crippen LogP contribution in [0.4, 0.5) is 5.88 Å². The lowest BCUT2D eigenvalue weighted by Gasteiger charge is -2.26. The predicted octanol–water partition coefficient (Wildman–Crippen LogP) is 2.62. The monoisotopic (exact) mass is 295 g/mol. The highest BCUT2D eigenvalue weighted by atomic mass is 16.5. The van der Waals surface area contributed by atoms with Crippen LogP contribution in [0.1, 0.15) is 43.5 Å². The first-order chi connectivity index (χ1) is 10.4. The molecule has 0 bridgehead atoms. The van der Waals surface area contributed by atoms with Gasteiger partial charge in [-0.15, -0.1) is 0 Å². The van der Waals surface area contributed by atoms with Crippen LogP contribution in [-0.2, 0) is 5.41 Å². The van der Waals surface area contributed by atoms with Crippen molar-refractivity contribution in [2.75, 3.05) is 5.32 Å². The summed E-state index contributed by atoms with van der Waals surface area (Å²) < 4.78 is 5.42. The molecular formula is C16H17N5O. The van der Waals surface area contributed by atoms with Crippen molar-refractivity contribution >= 4 is 5.88 Å². The van der Waals surface area contributed by atoms with Gasteiger partial charge in [0.25, 0.3) is 0 Å². The van der Waals surface area contributed by atoms with Gasteiger partial charge < -0.3 is 15.6 Å². The zero-order valence-electron chi connectivity index (χ0n) is 12.7. The second-order valence-corrected chi connectivity index (χ2v) is 6.31. The summed E-state index contributed by atoms with van der Waals surface area (Å²) in [7, 11) is 0. The number of anilines is 1. The van der Waals surface area contributed by atoms with Crippen LogP contribution < -0.4 is 11.1 Å². The molecule has 6 heteroatoms. The van der Waals surface area contributed by atoms with Crippen LogP contribution in [0.3, 0.4) is 0 Å². The van der Waals surface area contributed by atoms with Crippen molar-refractivity contribution in [3.8, 4) is 6.07 Å². The molecule has 3 heterocycles. The minimum absolute atomic E-state index is 0.216. The normalized spacial score (nSPS) is 17.6. The van der Waals surface area contributed by atoms with Crippen LogP contribution in [0.5, 0.6) is 0 Å². The number of nitrogens with zero attached hydrogens (tertiary/aromatic N) is 3. The molecule has 0 spiro atoms. The van der Waals surface area contributed by atoms with E-state index in [1.54, 1.807) is 12.4 Å².